The summed E-state index contributed by atoms with van der Waals surface area (Å²) in [4.78, 5) is 9.89. The van der Waals surface area contributed by atoms with Gasteiger partial charge in [0, 0.05) is 103 Å². The Hall–Kier alpha value is -5.05. The second kappa shape index (κ2) is 21.7. The van der Waals surface area contributed by atoms with Crippen molar-refractivity contribution in [1.82, 2.24) is 40.4 Å². The number of rotatable bonds is 23. The molecule has 5 heterocycles. The smallest absolute Gasteiger partial charge is 0.0707 e. The summed E-state index contributed by atoms with van der Waals surface area (Å²) in [5.41, 5.74) is 20.0. The summed E-state index contributed by atoms with van der Waals surface area (Å²) in [5, 5.41) is 11.2. The first-order chi connectivity index (χ1) is 32.8. The van der Waals surface area contributed by atoms with E-state index in [2.05, 4.69) is 145 Å². The number of likely N-dealkylation sites (tertiary alicyclic amines) is 1. The summed E-state index contributed by atoms with van der Waals surface area (Å²) >= 11 is 0. The van der Waals surface area contributed by atoms with Gasteiger partial charge in [-0.05, 0) is 142 Å². The zero-order valence-corrected chi connectivity index (χ0v) is 42.9. The highest BCUT2D eigenvalue weighted by molar-refractivity contribution is 5.95. The molecular formula is C60H84N8. The van der Waals surface area contributed by atoms with Crippen molar-refractivity contribution in [3.05, 3.63) is 139 Å². The van der Waals surface area contributed by atoms with E-state index in [0.717, 1.165) is 108 Å². The number of nitrogens with zero attached hydrogens (tertiary/aromatic N) is 5. The number of aryl methyl sites for hydroxylation is 3. The van der Waals surface area contributed by atoms with E-state index in [4.69, 9.17) is 24.7 Å². The Labute approximate surface area is 410 Å². The number of hydrazine groups is 1. The molecule has 0 radical (unpaired) electrons. The number of aromatic nitrogens is 2. The summed E-state index contributed by atoms with van der Waals surface area (Å²) in [6.45, 7) is 40.5. The Bertz CT molecular complexity index is 2460. The van der Waals surface area contributed by atoms with Crippen LogP contribution < -0.4 is 16.1 Å². The SMILES string of the molecule is C=CCCC(C)(C)Cc1c(-c2cccnc2CC)n(CC)c2ccc(-c3cc(C)cc(CC(NC(=C)C(C4CCCC4)N4CCC(CCN(C)C(=C)C5CN5)C4=C)C(=C)N4CCCCN4)c3)cc12. The molecule has 2 aromatic carbocycles. The lowest BCUT2D eigenvalue weighted by Gasteiger charge is -2.41. The molecule has 8 heteroatoms. The van der Waals surface area contributed by atoms with Crippen LogP contribution in [0.5, 0.6) is 0 Å². The van der Waals surface area contributed by atoms with Crippen LogP contribution in [0.2, 0.25) is 0 Å². The Balaban J connectivity index is 1.11. The van der Waals surface area contributed by atoms with Gasteiger partial charge in [-0.15, -0.1) is 6.58 Å². The van der Waals surface area contributed by atoms with Crippen molar-refractivity contribution in [2.75, 3.05) is 39.8 Å². The third-order valence-corrected chi connectivity index (χ3v) is 16.0. The molecule has 4 aromatic rings. The lowest BCUT2D eigenvalue weighted by atomic mass is 9.80. The molecule has 0 amide bonds. The minimum atomic E-state index is -0.0331. The number of fused-ring (bicyclic) bond motifs is 1. The molecule has 1 saturated carbocycles. The third-order valence-electron chi connectivity index (χ3n) is 16.0. The van der Waals surface area contributed by atoms with E-state index in [9.17, 15) is 0 Å². The van der Waals surface area contributed by atoms with Crippen LogP contribution in [-0.4, -0.2) is 82.3 Å². The number of benzene rings is 2. The molecule has 3 aliphatic heterocycles. The van der Waals surface area contributed by atoms with Gasteiger partial charge in [0.2, 0.25) is 0 Å². The molecule has 364 valence electrons. The minimum absolute atomic E-state index is 0.0331. The quantitative estimate of drug-likeness (QED) is 0.0506. The number of likely N-dealkylation sites (N-methyl/N-ethyl adjacent to an activating group) is 1. The summed E-state index contributed by atoms with van der Waals surface area (Å²) in [6.07, 6.45) is 18.4. The minimum Gasteiger partial charge on any atom is -0.378 e. The van der Waals surface area contributed by atoms with Gasteiger partial charge in [-0.2, -0.15) is 0 Å². The van der Waals surface area contributed by atoms with Crippen LogP contribution in [0.25, 0.3) is 33.3 Å². The summed E-state index contributed by atoms with van der Waals surface area (Å²) < 4.78 is 2.54. The lowest BCUT2D eigenvalue weighted by Crippen LogP contribution is -2.51. The Morgan fingerprint density at radius 1 is 1.00 bits per heavy atom. The summed E-state index contributed by atoms with van der Waals surface area (Å²) in [5.74, 6) is 1.03. The van der Waals surface area contributed by atoms with Gasteiger partial charge in [0.05, 0.1) is 23.8 Å². The second-order valence-electron chi connectivity index (χ2n) is 21.5. The highest BCUT2D eigenvalue weighted by Crippen LogP contribution is 2.43. The third kappa shape index (κ3) is 11.0. The monoisotopic (exact) mass is 917 g/mol. The molecular weight excluding hydrogens is 833 g/mol. The molecule has 1 aliphatic carbocycles. The van der Waals surface area contributed by atoms with Crippen LogP contribution >= 0.6 is 0 Å². The van der Waals surface area contributed by atoms with E-state index >= 15 is 0 Å². The molecule has 3 saturated heterocycles. The predicted molar refractivity (Wildman–Crippen MR) is 288 cm³/mol. The van der Waals surface area contributed by atoms with Gasteiger partial charge in [-0.1, -0.05) is 95.8 Å². The van der Waals surface area contributed by atoms with Crippen LogP contribution in [-0.2, 0) is 25.8 Å². The van der Waals surface area contributed by atoms with Gasteiger partial charge in [0.15, 0.2) is 0 Å². The Morgan fingerprint density at radius 3 is 2.50 bits per heavy atom. The van der Waals surface area contributed by atoms with Crippen molar-refractivity contribution in [3.8, 4) is 22.4 Å². The van der Waals surface area contributed by atoms with Gasteiger partial charge in [-0.3, -0.25) is 4.98 Å². The van der Waals surface area contributed by atoms with E-state index in [-0.39, 0.29) is 17.5 Å². The largest absolute Gasteiger partial charge is 0.378 e. The zero-order valence-electron chi connectivity index (χ0n) is 42.9. The average Bonchev–Trinajstić information content (AvgIpc) is 3.81. The topological polar surface area (TPSA) is 73.5 Å². The second-order valence-corrected chi connectivity index (χ2v) is 21.5. The van der Waals surface area contributed by atoms with E-state index in [1.54, 1.807) is 0 Å². The van der Waals surface area contributed by atoms with E-state index in [0.29, 0.717) is 17.9 Å². The van der Waals surface area contributed by atoms with Crippen molar-refractivity contribution in [2.24, 2.45) is 17.3 Å². The van der Waals surface area contributed by atoms with Gasteiger partial charge < -0.3 is 30.0 Å². The van der Waals surface area contributed by atoms with Crippen LogP contribution in [0, 0.1) is 24.2 Å². The standard InChI is InChI=1S/C60H84N8/c1-12-15-28-60(9,10)39-53-52-38-49(24-25-57(52)66(14-3)59(53)51-23-20-29-61-54(51)13-2)50-35-41(4)34-46(36-50)37-55(45(8)68-31-19-18-30-63-68)64-42(5)58(48-21-16-17-22-48)67-33-27-47(43(67)6)26-32-65(11)44(7)56-40-62-56/h12,20,23-25,29,34-36,38,47-48,55-56,58,62-64H,1,5-8,13-19,21-22,26-28,30-33,37,39-40H2,2-4,9-11H3. The fourth-order valence-corrected chi connectivity index (χ4v) is 12.0. The maximum absolute atomic E-state index is 4.94. The number of hydrogen-bond acceptors (Lipinski definition) is 7. The van der Waals surface area contributed by atoms with Crippen LogP contribution in [0.4, 0.5) is 0 Å². The van der Waals surface area contributed by atoms with Crippen molar-refractivity contribution in [3.63, 3.8) is 0 Å². The van der Waals surface area contributed by atoms with Gasteiger partial charge in [0.1, 0.15) is 0 Å². The molecule has 8 nitrogen and oxygen atoms in total. The van der Waals surface area contributed by atoms with Crippen LogP contribution in [0.3, 0.4) is 0 Å². The molecule has 4 fully saturated rings. The number of allylic oxidation sites excluding steroid dienone is 2. The summed E-state index contributed by atoms with van der Waals surface area (Å²) in [6, 6.07) is 19.4. The normalized spacial score (nSPS) is 19.6. The van der Waals surface area contributed by atoms with Crippen LogP contribution in [0.15, 0.2) is 116 Å². The molecule has 4 aliphatic rings. The molecule has 2 aromatic heterocycles. The summed E-state index contributed by atoms with van der Waals surface area (Å²) in [7, 11) is 2.20. The molecule has 4 atom stereocenters. The fourth-order valence-electron chi connectivity index (χ4n) is 12.0. The maximum Gasteiger partial charge on any atom is 0.0707 e. The van der Waals surface area contributed by atoms with E-state index in [1.807, 2.05) is 6.20 Å². The molecule has 68 heavy (non-hydrogen) atoms. The molecule has 0 spiro atoms. The van der Waals surface area contributed by atoms with Crippen molar-refractivity contribution < 1.29 is 0 Å². The first kappa shape index (κ1) is 49.4. The Kier molecular flexibility index (Phi) is 15.8. The van der Waals surface area contributed by atoms with Gasteiger partial charge >= 0.3 is 0 Å². The van der Waals surface area contributed by atoms with Crippen molar-refractivity contribution in [2.45, 2.75) is 143 Å². The van der Waals surface area contributed by atoms with Crippen molar-refractivity contribution in [1.29, 1.82) is 0 Å². The molecule has 8 rings (SSSR count). The van der Waals surface area contributed by atoms with Gasteiger partial charge in [0.25, 0.3) is 0 Å². The number of nitrogens with one attached hydrogen (secondary N) is 3. The molecule has 0 bridgehead atoms. The zero-order chi connectivity index (χ0) is 48.1. The molecule has 3 N–H and O–H groups in total. The van der Waals surface area contributed by atoms with E-state index < -0.39 is 0 Å². The first-order valence-corrected chi connectivity index (χ1v) is 26.4. The predicted octanol–water partition coefficient (Wildman–Crippen LogP) is 12.1. The first-order valence-electron chi connectivity index (χ1n) is 26.4. The maximum atomic E-state index is 4.94. The fraction of sp³-hybridized carbons (Fsp3) is 0.517. The Morgan fingerprint density at radius 2 is 1.79 bits per heavy atom. The number of hydrogen-bond donors (Lipinski definition) is 3. The van der Waals surface area contributed by atoms with E-state index in [1.165, 1.54) is 93.5 Å². The molecule has 4 unspecified atom stereocenters. The van der Waals surface area contributed by atoms with Gasteiger partial charge in [-0.25, -0.2) is 5.43 Å². The highest BCUT2D eigenvalue weighted by atomic mass is 15.5. The highest BCUT2D eigenvalue weighted by Gasteiger charge is 2.39. The number of pyridine rings is 1. The lowest BCUT2D eigenvalue weighted by molar-refractivity contribution is 0.183. The van der Waals surface area contributed by atoms with Crippen LogP contribution in [0.1, 0.15) is 114 Å². The van der Waals surface area contributed by atoms with Crippen molar-refractivity contribution >= 4 is 10.9 Å². The average molecular weight is 917 g/mol.